The van der Waals surface area contributed by atoms with Crippen LogP contribution in [0.5, 0.6) is 0 Å². The molecule has 0 saturated heterocycles. The summed E-state index contributed by atoms with van der Waals surface area (Å²) in [4.78, 5) is 21.0. The van der Waals surface area contributed by atoms with Crippen LogP contribution in [0.2, 0.25) is 0 Å². The van der Waals surface area contributed by atoms with Gasteiger partial charge >= 0.3 is 0 Å². The zero-order valence-electron chi connectivity index (χ0n) is 16.1. The number of rotatable bonds is 7. The van der Waals surface area contributed by atoms with Gasteiger partial charge in [0.05, 0.1) is 36.8 Å². The minimum absolute atomic E-state index is 0.00967. The zero-order chi connectivity index (χ0) is 20.8. The number of hydrogen-bond donors (Lipinski definition) is 3. The molecule has 3 aromatic rings. The van der Waals surface area contributed by atoms with Crippen molar-refractivity contribution in [2.75, 3.05) is 11.9 Å². The SMILES string of the molecule is Cc1cnc(Nc2cnn(CCO)c2)nc1-c1ccc(C(=O)NC(C)C#N)cc1. The first-order valence-corrected chi connectivity index (χ1v) is 9.05. The number of aliphatic hydroxyl groups excluding tert-OH is 1. The maximum absolute atomic E-state index is 12.1. The average Bonchev–Trinajstić information content (AvgIpc) is 3.16. The van der Waals surface area contributed by atoms with Crippen molar-refractivity contribution in [2.45, 2.75) is 26.4 Å². The molecule has 1 amide bonds. The van der Waals surface area contributed by atoms with E-state index in [-0.39, 0.29) is 12.5 Å². The molecular formula is C20H21N7O2. The molecule has 0 spiro atoms. The molecule has 3 rings (SSSR count). The second kappa shape index (κ2) is 8.95. The normalized spacial score (nSPS) is 11.5. The van der Waals surface area contributed by atoms with Crippen LogP contribution in [0, 0.1) is 18.3 Å². The molecule has 9 nitrogen and oxygen atoms in total. The predicted molar refractivity (Wildman–Crippen MR) is 107 cm³/mol. The zero-order valence-corrected chi connectivity index (χ0v) is 16.1. The van der Waals surface area contributed by atoms with Crippen LogP contribution in [0.15, 0.2) is 42.9 Å². The van der Waals surface area contributed by atoms with E-state index in [9.17, 15) is 4.79 Å². The minimum atomic E-state index is -0.554. The van der Waals surface area contributed by atoms with Crippen LogP contribution in [0.4, 0.5) is 11.6 Å². The number of benzene rings is 1. The van der Waals surface area contributed by atoms with Gasteiger partial charge in [0.2, 0.25) is 5.95 Å². The van der Waals surface area contributed by atoms with Crippen LogP contribution in [-0.4, -0.2) is 43.4 Å². The Bertz CT molecular complexity index is 1040. The number of carbonyl (C=O) groups excluding carboxylic acids is 1. The highest BCUT2D eigenvalue weighted by atomic mass is 16.3. The van der Waals surface area contributed by atoms with E-state index >= 15 is 0 Å². The predicted octanol–water partition coefficient (Wildman–Crippen LogP) is 2.03. The Hall–Kier alpha value is -3.77. The van der Waals surface area contributed by atoms with Gasteiger partial charge in [-0.2, -0.15) is 10.4 Å². The van der Waals surface area contributed by atoms with Gasteiger partial charge in [-0.1, -0.05) is 12.1 Å². The molecule has 1 unspecified atom stereocenters. The summed E-state index contributed by atoms with van der Waals surface area (Å²) >= 11 is 0. The van der Waals surface area contributed by atoms with Gasteiger partial charge in [0.25, 0.3) is 5.91 Å². The van der Waals surface area contributed by atoms with Crippen LogP contribution in [0.25, 0.3) is 11.3 Å². The third kappa shape index (κ3) is 4.94. The first kappa shape index (κ1) is 20.0. The number of aryl methyl sites for hydroxylation is 1. The highest BCUT2D eigenvalue weighted by Gasteiger charge is 2.11. The summed E-state index contributed by atoms with van der Waals surface area (Å²) in [6.45, 7) is 3.96. The van der Waals surface area contributed by atoms with Crippen LogP contribution in [-0.2, 0) is 6.54 Å². The first-order chi connectivity index (χ1) is 14.0. The van der Waals surface area contributed by atoms with Crippen molar-refractivity contribution in [1.29, 1.82) is 5.26 Å². The lowest BCUT2D eigenvalue weighted by molar-refractivity contribution is 0.0948. The molecule has 1 atom stereocenters. The lowest BCUT2D eigenvalue weighted by Crippen LogP contribution is -2.31. The van der Waals surface area contributed by atoms with Gasteiger partial charge in [-0.05, 0) is 31.5 Å². The van der Waals surface area contributed by atoms with E-state index in [4.69, 9.17) is 10.4 Å². The molecule has 0 radical (unpaired) electrons. The van der Waals surface area contributed by atoms with Crippen molar-refractivity contribution in [1.82, 2.24) is 25.1 Å². The summed E-state index contributed by atoms with van der Waals surface area (Å²) < 4.78 is 1.62. The van der Waals surface area contributed by atoms with Gasteiger partial charge in [-0.3, -0.25) is 9.48 Å². The molecule has 3 N–H and O–H groups in total. The van der Waals surface area contributed by atoms with Crippen LogP contribution >= 0.6 is 0 Å². The van der Waals surface area contributed by atoms with E-state index in [0.717, 1.165) is 16.8 Å². The number of nitrogens with one attached hydrogen (secondary N) is 2. The second-order valence-electron chi connectivity index (χ2n) is 6.47. The molecule has 0 saturated carbocycles. The van der Waals surface area contributed by atoms with Crippen LogP contribution in [0.1, 0.15) is 22.8 Å². The number of nitrogens with zero attached hydrogens (tertiary/aromatic N) is 5. The number of hydrogen-bond acceptors (Lipinski definition) is 7. The summed E-state index contributed by atoms with van der Waals surface area (Å²) in [5.41, 5.74) is 3.65. The van der Waals surface area contributed by atoms with Crippen molar-refractivity contribution in [3.63, 3.8) is 0 Å². The molecule has 0 fully saturated rings. The van der Waals surface area contributed by atoms with E-state index in [1.807, 2.05) is 25.1 Å². The molecule has 2 aromatic heterocycles. The van der Waals surface area contributed by atoms with Crippen molar-refractivity contribution in [2.24, 2.45) is 0 Å². The van der Waals surface area contributed by atoms with E-state index in [2.05, 4.69) is 25.7 Å². The molecule has 0 aliphatic heterocycles. The molecule has 9 heteroatoms. The lowest BCUT2D eigenvalue weighted by atomic mass is 10.1. The van der Waals surface area contributed by atoms with Gasteiger partial charge in [0.1, 0.15) is 6.04 Å². The molecule has 1 aromatic carbocycles. The van der Waals surface area contributed by atoms with Gasteiger partial charge in [-0.15, -0.1) is 0 Å². The number of aliphatic hydroxyl groups is 1. The maximum Gasteiger partial charge on any atom is 0.252 e. The summed E-state index contributed by atoms with van der Waals surface area (Å²) in [6.07, 6.45) is 5.11. The van der Waals surface area contributed by atoms with Crippen molar-refractivity contribution >= 4 is 17.5 Å². The standard InChI is InChI=1S/C20H21N7O2/c1-13-10-22-20(25-17-11-23-27(12-17)7-8-28)26-18(13)15-3-5-16(6-4-15)19(29)24-14(2)9-21/h3-6,10-12,14,28H,7-8H2,1-2H3,(H,24,29)(H,22,25,26). The molecule has 0 aliphatic rings. The van der Waals surface area contributed by atoms with Gasteiger partial charge in [-0.25, -0.2) is 9.97 Å². The monoisotopic (exact) mass is 391 g/mol. The van der Waals surface area contributed by atoms with E-state index in [0.29, 0.717) is 23.7 Å². The Morgan fingerprint density at radius 3 is 2.76 bits per heavy atom. The Labute approximate surface area is 168 Å². The summed E-state index contributed by atoms with van der Waals surface area (Å²) in [5, 5.41) is 27.6. The number of nitriles is 1. The number of carbonyl (C=O) groups is 1. The fraction of sp³-hybridized carbons (Fsp3) is 0.250. The fourth-order valence-electron chi connectivity index (χ4n) is 2.67. The summed E-state index contributed by atoms with van der Waals surface area (Å²) in [5.74, 6) is 0.117. The lowest BCUT2D eigenvalue weighted by Gasteiger charge is -2.10. The summed E-state index contributed by atoms with van der Waals surface area (Å²) in [6, 6.07) is 8.43. The van der Waals surface area contributed by atoms with Gasteiger partial charge in [0, 0.05) is 23.5 Å². The number of aromatic nitrogens is 4. The quantitative estimate of drug-likeness (QED) is 0.562. The summed E-state index contributed by atoms with van der Waals surface area (Å²) in [7, 11) is 0. The van der Waals surface area contributed by atoms with Crippen LogP contribution in [0.3, 0.4) is 0 Å². The largest absolute Gasteiger partial charge is 0.394 e. The second-order valence-corrected chi connectivity index (χ2v) is 6.47. The molecular weight excluding hydrogens is 370 g/mol. The van der Waals surface area contributed by atoms with E-state index in [1.165, 1.54) is 0 Å². The minimum Gasteiger partial charge on any atom is -0.394 e. The molecule has 2 heterocycles. The van der Waals surface area contributed by atoms with Crippen LogP contribution < -0.4 is 10.6 Å². The smallest absolute Gasteiger partial charge is 0.252 e. The van der Waals surface area contributed by atoms with E-state index < -0.39 is 6.04 Å². The molecule has 29 heavy (non-hydrogen) atoms. The van der Waals surface area contributed by atoms with Crippen molar-refractivity contribution in [3.8, 4) is 17.3 Å². The molecule has 148 valence electrons. The first-order valence-electron chi connectivity index (χ1n) is 9.05. The van der Waals surface area contributed by atoms with E-state index in [1.54, 1.807) is 42.3 Å². The Morgan fingerprint density at radius 2 is 2.07 bits per heavy atom. The Morgan fingerprint density at radius 1 is 1.31 bits per heavy atom. The van der Waals surface area contributed by atoms with Gasteiger partial charge in [0.15, 0.2) is 0 Å². The third-order valence-corrected chi connectivity index (χ3v) is 4.15. The fourth-order valence-corrected chi connectivity index (χ4v) is 2.67. The highest BCUT2D eigenvalue weighted by Crippen LogP contribution is 2.23. The topological polar surface area (TPSA) is 129 Å². The molecule has 0 aliphatic carbocycles. The Balaban J connectivity index is 1.78. The molecule has 0 bridgehead atoms. The van der Waals surface area contributed by atoms with Crippen molar-refractivity contribution < 1.29 is 9.90 Å². The van der Waals surface area contributed by atoms with Crippen molar-refractivity contribution in [3.05, 3.63) is 54.0 Å². The maximum atomic E-state index is 12.1. The number of anilines is 2. The highest BCUT2D eigenvalue weighted by molar-refractivity contribution is 5.95. The van der Waals surface area contributed by atoms with Gasteiger partial charge < -0.3 is 15.7 Å². The number of amides is 1. The Kier molecular flexibility index (Phi) is 6.16. The average molecular weight is 391 g/mol. The third-order valence-electron chi connectivity index (χ3n) is 4.15.